The molecular formula is C13H24N4O2S. The number of nitrogens with one attached hydrogen (secondary N) is 1. The Balaban J connectivity index is 2.49. The van der Waals surface area contributed by atoms with Gasteiger partial charge in [0.25, 0.3) is 5.91 Å². The van der Waals surface area contributed by atoms with E-state index in [2.05, 4.69) is 10.3 Å². The second-order valence-corrected chi connectivity index (χ2v) is 5.89. The standard InChI is InChI=1S/C13H24N4O2S/c1-4-17(3)13-16-11(14)10(20-13)12(19)15-7-5-6-9(2)8-18/h9,18H,4-8,14H2,1-3H3,(H,15,19). The first-order chi connectivity index (χ1) is 9.49. The van der Waals surface area contributed by atoms with E-state index >= 15 is 0 Å². The molecule has 0 radical (unpaired) electrons. The van der Waals surface area contributed by atoms with Crippen LogP contribution in [0.15, 0.2) is 0 Å². The molecule has 1 heterocycles. The number of carbonyl (C=O) groups excluding carboxylic acids is 1. The van der Waals surface area contributed by atoms with Gasteiger partial charge >= 0.3 is 0 Å². The average molecular weight is 300 g/mol. The van der Waals surface area contributed by atoms with Gasteiger partial charge < -0.3 is 21.1 Å². The summed E-state index contributed by atoms with van der Waals surface area (Å²) in [6.45, 7) is 5.57. The number of thiazole rings is 1. The summed E-state index contributed by atoms with van der Waals surface area (Å²) in [6, 6.07) is 0. The van der Waals surface area contributed by atoms with Crippen LogP contribution in [0.25, 0.3) is 0 Å². The SMILES string of the molecule is CCN(C)c1nc(N)c(C(=O)NCCCC(C)CO)s1. The molecule has 0 bridgehead atoms. The van der Waals surface area contributed by atoms with Crippen LogP contribution in [0, 0.1) is 5.92 Å². The molecule has 4 N–H and O–H groups in total. The van der Waals surface area contributed by atoms with Gasteiger partial charge in [-0.15, -0.1) is 0 Å². The highest BCUT2D eigenvalue weighted by Gasteiger charge is 2.17. The summed E-state index contributed by atoms with van der Waals surface area (Å²) in [7, 11) is 1.91. The highest BCUT2D eigenvalue weighted by Crippen LogP contribution is 2.27. The van der Waals surface area contributed by atoms with E-state index in [9.17, 15) is 4.79 Å². The van der Waals surface area contributed by atoms with Crippen molar-refractivity contribution in [3.63, 3.8) is 0 Å². The van der Waals surface area contributed by atoms with E-state index in [0.29, 0.717) is 11.4 Å². The molecule has 0 aromatic carbocycles. The molecule has 1 amide bonds. The third-order valence-electron chi connectivity index (χ3n) is 3.12. The third-order valence-corrected chi connectivity index (χ3v) is 4.30. The Bertz CT molecular complexity index is 436. The highest BCUT2D eigenvalue weighted by molar-refractivity contribution is 7.18. The van der Waals surface area contributed by atoms with Crippen molar-refractivity contribution in [2.24, 2.45) is 5.92 Å². The van der Waals surface area contributed by atoms with Crippen LogP contribution in [-0.2, 0) is 0 Å². The Morgan fingerprint density at radius 2 is 2.30 bits per heavy atom. The molecule has 1 unspecified atom stereocenters. The number of nitrogens with zero attached hydrogens (tertiary/aromatic N) is 2. The van der Waals surface area contributed by atoms with Crippen molar-refractivity contribution in [2.45, 2.75) is 26.7 Å². The van der Waals surface area contributed by atoms with E-state index < -0.39 is 0 Å². The van der Waals surface area contributed by atoms with Crippen molar-refractivity contribution in [1.29, 1.82) is 0 Å². The van der Waals surface area contributed by atoms with Gasteiger partial charge in [-0.2, -0.15) is 0 Å². The largest absolute Gasteiger partial charge is 0.396 e. The maximum Gasteiger partial charge on any atom is 0.265 e. The summed E-state index contributed by atoms with van der Waals surface area (Å²) < 4.78 is 0. The first-order valence-corrected chi connectivity index (χ1v) is 7.67. The minimum atomic E-state index is -0.174. The summed E-state index contributed by atoms with van der Waals surface area (Å²) in [5.74, 6) is 0.379. The summed E-state index contributed by atoms with van der Waals surface area (Å²) in [5, 5.41) is 12.5. The minimum absolute atomic E-state index is 0.174. The minimum Gasteiger partial charge on any atom is -0.396 e. The fourth-order valence-corrected chi connectivity index (χ4v) is 2.53. The molecule has 6 nitrogen and oxygen atoms in total. The molecular weight excluding hydrogens is 276 g/mol. The lowest BCUT2D eigenvalue weighted by atomic mass is 10.1. The second-order valence-electron chi connectivity index (χ2n) is 4.91. The van der Waals surface area contributed by atoms with Crippen LogP contribution in [0.5, 0.6) is 0 Å². The lowest BCUT2D eigenvalue weighted by Gasteiger charge is -2.11. The van der Waals surface area contributed by atoms with Crippen LogP contribution in [0.4, 0.5) is 10.9 Å². The molecule has 114 valence electrons. The predicted octanol–water partition coefficient (Wildman–Crippen LogP) is 1.32. The lowest BCUT2D eigenvalue weighted by Crippen LogP contribution is -2.24. The van der Waals surface area contributed by atoms with Gasteiger partial charge in [-0.1, -0.05) is 18.3 Å². The molecule has 0 fully saturated rings. The molecule has 1 aromatic rings. The second kappa shape index (κ2) is 8.06. The number of hydrogen-bond donors (Lipinski definition) is 3. The van der Waals surface area contributed by atoms with Gasteiger partial charge in [-0.05, 0) is 25.7 Å². The topological polar surface area (TPSA) is 91.5 Å². The van der Waals surface area contributed by atoms with E-state index in [4.69, 9.17) is 10.8 Å². The Morgan fingerprint density at radius 3 is 2.90 bits per heavy atom. The number of carbonyl (C=O) groups is 1. The number of nitrogens with two attached hydrogens (primary N) is 1. The zero-order valence-corrected chi connectivity index (χ0v) is 13.2. The van der Waals surface area contributed by atoms with Crippen molar-refractivity contribution < 1.29 is 9.90 Å². The normalized spacial score (nSPS) is 12.2. The summed E-state index contributed by atoms with van der Waals surface area (Å²) in [4.78, 5) is 18.6. The zero-order valence-electron chi connectivity index (χ0n) is 12.3. The molecule has 0 aliphatic rings. The van der Waals surface area contributed by atoms with E-state index in [-0.39, 0.29) is 24.2 Å². The highest BCUT2D eigenvalue weighted by atomic mass is 32.1. The third kappa shape index (κ3) is 4.64. The molecule has 7 heteroatoms. The monoisotopic (exact) mass is 300 g/mol. The molecule has 1 aromatic heterocycles. The summed E-state index contributed by atoms with van der Waals surface area (Å²) in [5.41, 5.74) is 5.79. The van der Waals surface area contributed by atoms with E-state index in [0.717, 1.165) is 24.5 Å². The molecule has 0 saturated carbocycles. The molecule has 1 rings (SSSR count). The quantitative estimate of drug-likeness (QED) is 0.630. The maximum atomic E-state index is 12.0. The number of aliphatic hydroxyl groups excluding tert-OH is 1. The lowest BCUT2D eigenvalue weighted by molar-refractivity contribution is 0.0957. The predicted molar refractivity (Wildman–Crippen MR) is 83.3 cm³/mol. The van der Waals surface area contributed by atoms with Crippen LogP contribution in [0.2, 0.25) is 0 Å². The number of nitrogen functional groups attached to an aromatic ring is 1. The smallest absolute Gasteiger partial charge is 0.265 e. The van der Waals surface area contributed by atoms with Gasteiger partial charge in [0.05, 0.1) is 0 Å². The Kier molecular flexibility index (Phi) is 6.74. The van der Waals surface area contributed by atoms with Crippen LogP contribution in [0.3, 0.4) is 0 Å². The van der Waals surface area contributed by atoms with Crippen molar-refractivity contribution in [1.82, 2.24) is 10.3 Å². The summed E-state index contributed by atoms with van der Waals surface area (Å²) in [6.07, 6.45) is 1.73. The van der Waals surface area contributed by atoms with Crippen LogP contribution < -0.4 is 16.0 Å². The van der Waals surface area contributed by atoms with Crippen LogP contribution in [0.1, 0.15) is 36.4 Å². The first-order valence-electron chi connectivity index (χ1n) is 6.86. The fraction of sp³-hybridized carbons (Fsp3) is 0.692. The van der Waals surface area contributed by atoms with Crippen molar-refractivity contribution in [3.05, 3.63) is 4.88 Å². The number of aromatic nitrogens is 1. The van der Waals surface area contributed by atoms with E-state index in [1.807, 2.05) is 25.8 Å². The van der Waals surface area contributed by atoms with E-state index in [1.54, 1.807) is 0 Å². The number of anilines is 2. The molecule has 20 heavy (non-hydrogen) atoms. The van der Waals surface area contributed by atoms with Crippen LogP contribution >= 0.6 is 11.3 Å². The number of hydrogen-bond acceptors (Lipinski definition) is 6. The van der Waals surface area contributed by atoms with Crippen molar-refractivity contribution >= 4 is 28.2 Å². The first kappa shape index (κ1) is 16.7. The molecule has 0 aliphatic heterocycles. The van der Waals surface area contributed by atoms with Gasteiger partial charge in [0.1, 0.15) is 10.7 Å². The van der Waals surface area contributed by atoms with Gasteiger partial charge in [-0.25, -0.2) is 4.98 Å². The Labute approximate surface area is 124 Å². The molecule has 0 aliphatic carbocycles. The van der Waals surface area contributed by atoms with Crippen LogP contribution in [-0.4, -0.2) is 42.7 Å². The average Bonchev–Trinajstić information content (AvgIpc) is 2.84. The Morgan fingerprint density at radius 1 is 1.60 bits per heavy atom. The van der Waals surface area contributed by atoms with Crippen molar-refractivity contribution in [3.8, 4) is 0 Å². The zero-order chi connectivity index (χ0) is 15.1. The number of aliphatic hydroxyl groups is 1. The molecule has 0 saturated heterocycles. The number of amides is 1. The fourth-order valence-electron chi connectivity index (χ4n) is 1.61. The molecule has 0 spiro atoms. The summed E-state index contributed by atoms with van der Waals surface area (Å²) >= 11 is 1.31. The van der Waals surface area contributed by atoms with Gasteiger partial charge in [0.2, 0.25) is 0 Å². The van der Waals surface area contributed by atoms with Gasteiger partial charge in [0, 0.05) is 26.7 Å². The van der Waals surface area contributed by atoms with E-state index in [1.165, 1.54) is 11.3 Å². The number of rotatable bonds is 8. The maximum absolute atomic E-state index is 12.0. The van der Waals surface area contributed by atoms with Crippen molar-refractivity contribution in [2.75, 3.05) is 37.4 Å². The Hall–Kier alpha value is -1.34. The molecule has 1 atom stereocenters. The van der Waals surface area contributed by atoms with Gasteiger partial charge in [0.15, 0.2) is 5.13 Å². The van der Waals surface area contributed by atoms with Gasteiger partial charge in [-0.3, -0.25) is 4.79 Å².